The lowest BCUT2D eigenvalue weighted by Crippen LogP contribution is -2.54. The van der Waals surface area contributed by atoms with Gasteiger partial charge in [-0.25, -0.2) is 0 Å². The quantitative estimate of drug-likeness (QED) is 0.881. The summed E-state index contributed by atoms with van der Waals surface area (Å²) in [5.41, 5.74) is 7.79. The third-order valence-corrected chi connectivity index (χ3v) is 4.97. The fourth-order valence-electron chi connectivity index (χ4n) is 3.22. The Kier molecular flexibility index (Phi) is 5.00. The molecule has 1 aromatic carbocycles. The van der Waals surface area contributed by atoms with Crippen LogP contribution in [0.2, 0.25) is 0 Å². The van der Waals surface area contributed by atoms with E-state index in [-0.39, 0.29) is 5.54 Å². The number of nitrogens with two attached hydrogens (primary N) is 1. The first kappa shape index (κ1) is 14.5. The molecule has 0 radical (unpaired) electrons. The zero-order chi connectivity index (χ0) is 13.7. The van der Waals surface area contributed by atoms with Crippen molar-refractivity contribution in [2.45, 2.75) is 44.6 Å². The van der Waals surface area contributed by atoms with E-state index >= 15 is 0 Å². The molecule has 0 saturated heterocycles. The van der Waals surface area contributed by atoms with Crippen LogP contribution in [0.5, 0.6) is 0 Å². The maximum Gasteiger partial charge on any atom is 0.0329 e. The zero-order valence-corrected chi connectivity index (χ0v) is 12.4. The Hall–Kier alpha value is -0.860. The highest BCUT2D eigenvalue weighted by Crippen LogP contribution is 2.35. The molecule has 2 rings (SSSR count). The Balaban J connectivity index is 1.92. The molecule has 0 amide bonds. The van der Waals surface area contributed by atoms with E-state index in [0.717, 1.165) is 25.4 Å². The Labute approximate surface area is 118 Å². The summed E-state index contributed by atoms with van der Waals surface area (Å²) in [6, 6.07) is 10.8. The number of likely N-dealkylation sites (N-methyl/N-ethyl adjacent to an activating group) is 1. The van der Waals surface area contributed by atoms with Crippen LogP contribution in [0.3, 0.4) is 0 Å². The molecule has 0 atom stereocenters. The van der Waals surface area contributed by atoms with E-state index in [9.17, 15) is 0 Å². The predicted octanol–water partition coefficient (Wildman–Crippen LogP) is 3.07. The maximum atomic E-state index is 6.11. The number of hydrogen-bond acceptors (Lipinski definition) is 2. The molecular weight excluding hydrogens is 232 g/mol. The summed E-state index contributed by atoms with van der Waals surface area (Å²) in [7, 11) is 2.26. The Morgan fingerprint density at radius 3 is 2.42 bits per heavy atom. The van der Waals surface area contributed by atoms with Crippen LogP contribution in [0.25, 0.3) is 0 Å². The Morgan fingerprint density at radius 1 is 1.21 bits per heavy atom. The highest BCUT2D eigenvalue weighted by Gasteiger charge is 2.36. The Morgan fingerprint density at radius 2 is 1.84 bits per heavy atom. The summed E-state index contributed by atoms with van der Waals surface area (Å²) in [4.78, 5) is 2.52. The second kappa shape index (κ2) is 6.53. The highest BCUT2D eigenvalue weighted by atomic mass is 15.2. The summed E-state index contributed by atoms with van der Waals surface area (Å²) >= 11 is 0. The molecule has 19 heavy (non-hydrogen) atoms. The van der Waals surface area contributed by atoms with Crippen molar-refractivity contribution in [2.75, 3.05) is 20.1 Å². The second-order valence-corrected chi connectivity index (χ2v) is 6.27. The molecule has 0 spiro atoms. The Bertz CT molecular complexity index is 366. The van der Waals surface area contributed by atoms with Crippen molar-refractivity contribution in [3.63, 3.8) is 0 Å². The molecule has 0 bridgehead atoms. The minimum atomic E-state index is 0.251. The molecule has 106 valence electrons. The van der Waals surface area contributed by atoms with Crippen molar-refractivity contribution >= 4 is 0 Å². The van der Waals surface area contributed by atoms with Gasteiger partial charge in [0.15, 0.2) is 0 Å². The number of nitrogens with zero attached hydrogens (tertiary/aromatic N) is 1. The standard InChI is InChI=1S/C17H28N2/c1-15-8-11-17(14-18,12-9-15)19(2)13-10-16-6-4-3-5-7-16/h3-7,15H,8-14,18H2,1-2H3. The predicted molar refractivity (Wildman–Crippen MR) is 82.2 cm³/mol. The fourth-order valence-corrected chi connectivity index (χ4v) is 3.22. The molecule has 0 aliphatic heterocycles. The monoisotopic (exact) mass is 260 g/mol. The van der Waals surface area contributed by atoms with Crippen LogP contribution in [-0.2, 0) is 6.42 Å². The minimum absolute atomic E-state index is 0.251. The van der Waals surface area contributed by atoms with Gasteiger partial charge in [0.1, 0.15) is 0 Å². The van der Waals surface area contributed by atoms with Gasteiger partial charge >= 0.3 is 0 Å². The van der Waals surface area contributed by atoms with Crippen LogP contribution < -0.4 is 5.73 Å². The normalized spacial score (nSPS) is 27.7. The lowest BCUT2D eigenvalue weighted by molar-refractivity contribution is 0.0689. The van der Waals surface area contributed by atoms with Gasteiger partial charge < -0.3 is 5.73 Å². The van der Waals surface area contributed by atoms with Crippen LogP contribution >= 0.6 is 0 Å². The summed E-state index contributed by atoms with van der Waals surface area (Å²) in [6.07, 6.45) is 6.29. The van der Waals surface area contributed by atoms with E-state index in [1.165, 1.54) is 31.2 Å². The van der Waals surface area contributed by atoms with Crippen LogP contribution in [0, 0.1) is 5.92 Å². The third-order valence-electron chi connectivity index (χ3n) is 4.97. The van der Waals surface area contributed by atoms with E-state index in [1.807, 2.05) is 0 Å². The SMILES string of the molecule is CC1CCC(CN)(N(C)CCc2ccccc2)CC1. The van der Waals surface area contributed by atoms with E-state index in [0.29, 0.717) is 0 Å². The first-order valence-corrected chi connectivity index (χ1v) is 7.61. The molecule has 0 heterocycles. The molecule has 2 nitrogen and oxygen atoms in total. The summed E-state index contributed by atoms with van der Waals surface area (Å²) in [5, 5.41) is 0. The molecule has 1 fully saturated rings. The van der Waals surface area contributed by atoms with Gasteiger partial charge in [-0.15, -0.1) is 0 Å². The topological polar surface area (TPSA) is 29.3 Å². The van der Waals surface area contributed by atoms with E-state index in [1.54, 1.807) is 0 Å². The van der Waals surface area contributed by atoms with Crippen molar-refractivity contribution in [2.24, 2.45) is 11.7 Å². The van der Waals surface area contributed by atoms with E-state index < -0.39 is 0 Å². The zero-order valence-electron chi connectivity index (χ0n) is 12.4. The van der Waals surface area contributed by atoms with Crippen molar-refractivity contribution in [1.29, 1.82) is 0 Å². The molecule has 0 aromatic heterocycles. The van der Waals surface area contributed by atoms with Gasteiger partial charge in [0.25, 0.3) is 0 Å². The van der Waals surface area contributed by atoms with Gasteiger partial charge in [0, 0.05) is 18.6 Å². The van der Waals surface area contributed by atoms with Gasteiger partial charge in [-0.1, -0.05) is 37.3 Å². The van der Waals surface area contributed by atoms with Crippen LogP contribution in [0.1, 0.15) is 38.2 Å². The van der Waals surface area contributed by atoms with Crippen LogP contribution in [-0.4, -0.2) is 30.6 Å². The summed E-state index contributed by atoms with van der Waals surface area (Å²) < 4.78 is 0. The van der Waals surface area contributed by atoms with Crippen LogP contribution in [0.15, 0.2) is 30.3 Å². The first-order valence-electron chi connectivity index (χ1n) is 7.61. The van der Waals surface area contributed by atoms with Crippen LogP contribution in [0.4, 0.5) is 0 Å². The van der Waals surface area contributed by atoms with Crippen molar-refractivity contribution in [1.82, 2.24) is 4.90 Å². The average molecular weight is 260 g/mol. The molecule has 1 aliphatic carbocycles. The molecule has 1 aromatic rings. The van der Waals surface area contributed by atoms with Gasteiger partial charge in [-0.05, 0) is 50.6 Å². The largest absolute Gasteiger partial charge is 0.329 e. The lowest BCUT2D eigenvalue weighted by atomic mass is 9.76. The number of rotatable bonds is 5. The van der Waals surface area contributed by atoms with Gasteiger partial charge in [-0.2, -0.15) is 0 Å². The lowest BCUT2D eigenvalue weighted by Gasteiger charge is -2.45. The van der Waals surface area contributed by atoms with Gasteiger partial charge in [-0.3, -0.25) is 4.90 Å². The highest BCUT2D eigenvalue weighted by molar-refractivity contribution is 5.15. The molecule has 1 saturated carbocycles. The molecule has 2 N–H and O–H groups in total. The molecule has 1 aliphatic rings. The summed E-state index contributed by atoms with van der Waals surface area (Å²) in [6.45, 7) is 4.27. The first-order chi connectivity index (χ1) is 9.16. The smallest absolute Gasteiger partial charge is 0.0329 e. The number of benzene rings is 1. The van der Waals surface area contributed by atoms with Crippen molar-refractivity contribution in [3.05, 3.63) is 35.9 Å². The second-order valence-electron chi connectivity index (χ2n) is 6.27. The van der Waals surface area contributed by atoms with E-state index in [2.05, 4.69) is 49.2 Å². The average Bonchev–Trinajstić information content (AvgIpc) is 2.47. The maximum absolute atomic E-state index is 6.11. The van der Waals surface area contributed by atoms with Gasteiger partial charge in [0.05, 0.1) is 0 Å². The van der Waals surface area contributed by atoms with Crippen molar-refractivity contribution < 1.29 is 0 Å². The van der Waals surface area contributed by atoms with Gasteiger partial charge in [0.2, 0.25) is 0 Å². The fraction of sp³-hybridized carbons (Fsp3) is 0.647. The third kappa shape index (κ3) is 3.58. The minimum Gasteiger partial charge on any atom is -0.329 e. The molecule has 0 unspecified atom stereocenters. The molecular formula is C17H28N2. The van der Waals surface area contributed by atoms with E-state index in [4.69, 9.17) is 5.73 Å². The van der Waals surface area contributed by atoms with Crippen molar-refractivity contribution in [3.8, 4) is 0 Å². The number of hydrogen-bond donors (Lipinski definition) is 1. The summed E-state index contributed by atoms with van der Waals surface area (Å²) in [5.74, 6) is 0.877. The molecule has 2 heteroatoms.